The van der Waals surface area contributed by atoms with Crippen molar-refractivity contribution in [1.82, 2.24) is 0 Å². The Balaban J connectivity index is 0. The molecule has 0 fully saturated rings. The van der Waals surface area contributed by atoms with Gasteiger partial charge in [-0.15, -0.1) is 13.2 Å². The van der Waals surface area contributed by atoms with Gasteiger partial charge in [-0.05, 0) is 12.5 Å². The maximum absolute atomic E-state index is 9.06. The summed E-state index contributed by atoms with van der Waals surface area (Å²) in [4.78, 5) is 9.06. The molecule has 0 amide bonds. The summed E-state index contributed by atoms with van der Waals surface area (Å²) in [6, 6.07) is 0. The van der Waals surface area contributed by atoms with Gasteiger partial charge in [0.2, 0.25) is 0 Å². The Kier molecular flexibility index (Phi) is 13.2. The van der Waals surface area contributed by atoms with Crippen LogP contribution in [0.5, 0.6) is 0 Å². The van der Waals surface area contributed by atoms with Crippen LogP contribution in [0.2, 0.25) is 0 Å². The lowest BCUT2D eigenvalue weighted by molar-refractivity contribution is -0.104. The lowest BCUT2D eigenvalue weighted by Gasteiger charge is -1.95. The molecule has 0 radical (unpaired) electrons. The molecule has 0 aliphatic carbocycles. The minimum Gasteiger partial charge on any atom is -0.389 e. The molecule has 0 aromatic rings. The van der Waals surface area contributed by atoms with Gasteiger partial charge >= 0.3 is 0 Å². The Morgan fingerprint density at radius 1 is 1.36 bits per heavy atom. The highest BCUT2D eigenvalue weighted by molar-refractivity contribution is 5.63. The number of aliphatic hydroxyl groups excluding tert-OH is 1. The molecule has 11 heavy (non-hydrogen) atoms. The third-order valence-corrected chi connectivity index (χ3v) is 0.776. The topological polar surface area (TPSA) is 37.3 Å². The summed E-state index contributed by atoms with van der Waals surface area (Å²) in [5, 5.41) is 8.67. The van der Waals surface area contributed by atoms with Crippen LogP contribution >= 0.6 is 0 Å². The fourth-order valence-electron chi connectivity index (χ4n) is 0.267. The molecule has 0 saturated carbocycles. The van der Waals surface area contributed by atoms with Crippen molar-refractivity contribution in [3.05, 3.63) is 38.0 Å². The Labute approximate surface area is 67.6 Å². The normalized spacial score (nSPS) is 9.91. The Hall–Kier alpha value is -1.15. The van der Waals surface area contributed by atoms with Crippen molar-refractivity contribution in [3.8, 4) is 0 Å². The average molecular weight is 154 g/mol. The van der Waals surface area contributed by atoms with Crippen LogP contribution < -0.4 is 0 Å². The van der Waals surface area contributed by atoms with Crippen LogP contribution in [0.15, 0.2) is 38.0 Å². The molecule has 0 spiro atoms. The number of hydrogen-bond acceptors (Lipinski definition) is 2. The fourth-order valence-corrected chi connectivity index (χ4v) is 0.267. The highest BCUT2D eigenvalue weighted by atomic mass is 16.3. The van der Waals surface area contributed by atoms with Crippen molar-refractivity contribution >= 4 is 6.29 Å². The van der Waals surface area contributed by atoms with Crippen LogP contribution in [0.25, 0.3) is 0 Å². The summed E-state index contributed by atoms with van der Waals surface area (Å²) in [6.45, 7) is 9.93. The SMILES string of the molecule is C=CC=O.C=CCC(O)C=C. The molecule has 2 heteroatoms. The smallest absolute Gasteiger partial charge is 0.142 e. The Morgan fingerprint density at radius 2 is 1.82 bits per heavy atom. The molecule has 0 saturated heterocycles. The molecule has 0 heterocycles. The summed E-state index contributed by atoms with van der Waals surface area (Å²) in [5.41, 5.74) is 0. The van der Waals surface area contributed by atoms with E-state index in [1.54, 1.807) is 6.08 Å². The van der Waals surface area contributed by atoms with Crippen molar-refractivity contribution in [2.75, 3.05) is 0 Å². The molecule has 1 atom stereocenters. The molecule has 0 bridgehead atoms. The largest absolute Gasteiger partial charge is 0.389 e. The van der Waals surface area contributed by atoms with E-state index in [0.29, 0.717) is 12.7 Å². The molecule has 0 aliphatic rings. The molecule has 1 unspecified atom stereocenters. The summed E-state index contributed by atoms with van der Waals surface area (Å²) in [7, 11) is 0. The van der Waals surface area contributed by atoms with E-state index in [9.17, 15) is 0 Å². The van der Waals surface area contributed by atoms with Crippen molar-refractivity contribution in [1.29, 1.82) is 0 Å². The first-order valence-electron chi connectivity index (χ1n) is 3.20. The lowest BCUT2D eigenvalue weighted by Crippen LogP contribution is -1.96. The Morgan fingerprint density at radius 3 is 1.91 bits per heavy atom. The van der Waals surface area contributed by atoms with Gasteiger partial charge in [0, 0.05) is 0 Å². The first kappa shape index (κ1) is 12.5. The summed E-state index contributed by atoms with van der Waals surface area (Å²) in [5.74, 6) is 0. The molecule has 1 N–H and O–H groups in total. The van der Waals surface area contributed by atoms with Gasteiger partial charge in [-0.1, -0.05) is 18.7 Å². The molecular formula is C9H14O2. The first-order chi connectivity index (χ1) is 5.22. The van der Waals surface area contributed by atoms with Gasteiger partial charge in [-0.2, -0.15) is 0 Å². The van der Waals surface area contributed by atoms with E-state index >= 15 is 0 Å². The van der Waals surface area contributed by atoms with Crippen LogP contribution in [0, 0.1) is 0 Å². The summed E-state index contributed by atoms with van der Waals surface area (Å²) < 4.78 is 0. The van der Waals surface area contributed by atoms with Crippen LogP contribution in [-0.2, 0) is 4.79 Å². The van der Waals surface area contributed by atoms with Gasteiger partial charge < -0.3 is 5.11 Å². The maximum Gasteiger partial charge on any atom is 0.142 e. The quantitative estimate of drug-likeness (QED) is 0.378. The van der Waals surface area contributed by atoms with Crippen molar-refractivity contribution < 1.29 is 9.90 Å². The minimum atomic E-state index is -0.405. The van der Waals surface area contributed by atoms with Crippen LogP contribution in [0.1, 0.15) is 6.42 Å². The predicted octanol–water partition coefficient (Wildman–Crippen LogP) is 1.48. The number of rotatable bonds is 4. The molecule has 0 aliphatic heterocycles. The second-order valence-corrected chi connectivity index (χ2v) is 1.70. The molecule has 0 aromatic heterocycles. The van der Waals surface area contributed by atoms with Gasteiger partial charge in [-0.25, -0.2) is 0 Å². The summed E-state index contributed by atoms with van der Waals surface area (Å²) in [6.07, 6.45) is 5.18. The second-order valence-electron chi connectivity index (χ2n) is 1.70. The van der Waals surface area contributed by atoms with E-state index in [2.05, 4.69) is 19.7 Å². The van der Waals surface area contributed by atoms with Gasteiger partial charge in [0.15, 0.2) is 0 Å². The zero-order valence-electron chi connectivity index (χ0n) is 6.57. The zero-order valence-corrected chi connectivity index (χ0v) is 6.57. The number of allylic oxidation sites excluding steroid dienone is 1. The minimum absolute atomic E-state index is 0.405. The van der Waals surface area contributed by atoms with E-state index in [4.69, 9.17) is 9.90 Å². The third kappa shape index (κ3) is 17.7. The monoisotopic (exact) mass is 154 g/mol. The predicted molar refractivity (Wildman–Crippen MR) is 47.3 cm³/mol. The standard InChI is InChI=1S/C6H10O.C3H4O/c1-3-5-6(7)4-2;1-2-3-4/h3-4,6-7H,1-2,5H2;2-3H,1H2. The van der Waals surface area contributed by atoms with E-state index in [1.165, 1.54) is 12.2 Å². The average Bonchev–Trinajstić information content (AvgIpc) is 2.05. The van der Waals surface area contributed by atoms with E-state index in [-0.39, 0.29) is 0 Å². The maximum atomic E-state index is 9.06. The number of aldehydes is 1. The van der Waals surface area contributed by atoms with Crippen molar-refractivity contribution in [3.63, 3.8) is 0 Å². The van der Waals surface area contributed by atoms with E-state index in [0.717, 1.165) is 0 Å². The van der Waals surface area contributed by atoms with Crippen molar-refractivity contribution in [2.45, 2.75) is 12.5 Å². The fraction of sp³-hybridized carbons (Fsp3) is 0.222. The van der Waals surface area contributed by atoms with E-state index in [1.807, 2.05) is 0 Å². The van der Waals surface area contributed by atoms with Crippen molar-refractivity contribution in [2.24, 2.45) is 0 Å². The van der Waals surface area contributed by atoms with Gasteiger partial charge in [0.1, 0.15) is 6.29 Å². The molecule has 2 nitrogen and oxygen atoms in total. The third-order valence-electron chi connectivity index (χ3n) is 0.776. The molecule has 62 valence electrons. The van der Waals surface area contributed by atoms with Crippen LogP contribution in [0.3, 0.4) is 0 Å². The first-order valence-corrected chi connectivity index (χ1v) is 3.20. The van der Waals surface area contributed by atoms with Gasteiger partial charge in [-0.3, -0.25) is 4.79 Å². The number of carbonyl (C=O) groups is 1. The number of hydrogen-bond donors (Lipinski definition) is 1. The van der Waals surface area contributed by atoms with Gasteiger partial charge in [0.25, 0.3) is 0 Å². The van der Waals surface area contributed by atoms with Crippen LogP contribution in [-0.4, -0.2) is 17.5 Å². The number of aliphatic hydroxyl groups is 1. The number of carbonyl (C=O) groups excluding carboxylic acids is 1. The molecule has 0 aromatic carbocycles. The van der Waals surface area contributed by atoms with E-state index < -0.39 is 6.10 Å². The highest BCUT2D eigenvalue weighted by Crippen LogP contribution is 1.89. The lowest BCUT2D eigenvalue weighted by atomic mass is 10.2. The van der Waals surface area contributed by atoms with Gasteiger partial charge in [0.05, 0.1) is 6.10 Å². The second kappa shape index (κ2) is 11.6. The van der Waals surface area contributed by atoms with Crippen LogP contribution in [0.4, 0.5) is 0 Å². The molecule has 0 rings (SSSR count). The zero-order chi connectivity index (χ0) is 9.11. The Bertz CT molecular complexity index is 122. The summed E-state index contributed by atoms with van der Waals surface area (Å²) >= 11 is 0. The molecular weight excluding hydrogens is 140 g/mol. The highest BCUT2D eigenvalue weighted by Gasteiger charge is 1.88.